The van der Waals surface area contributed by atoms with E-state index in [-0.39, 0.29) is 12.6 Å². The molecule has 8 nitrogen and oxygen atoms in total. The fourth-order valence-electron chi connectivity index (χ4n) is 1.91. The van der Waals surface area contributed by atoms with Crippen molar-refractivity contribution < 1.29 is 4.79 Å². The Morgan fingerprint density at radius 3 is 2.28 bits per heavy atom. The maximum atomic E-state index is 12.1. The number of urea groups is 1. The highest BCUT2D eigenvalue weighted by Gasteiger charge is 2.11. The third-order valence-electron chi connectivity index (χ3n) is 3.19. The van der Waals surface area contributed by atoms with Gasteiger partial charge >= 0.3 is 6.03 Å². The highest BCUT2D eigenvalue weighted by Crippen LogP contribution is 2.18. The summed E-state index contributed by atoms with van der Waals surface area (Å²) >= 11 is 1.62. The van der Waals surface area contributed by atoms with Gasteiger partial charge in [0.25, 0.3) is 0 Å². The normalized spacial score (nSPS) is 10.3. The van der Waals surface area contributed by atoms with Crippen LogP contribution in [0.1, 0.15) is 5.82 Å². The quantitative estimate of drug-likeness (QED) is 0.762. The van der Waals surface area contributed by atoms with Crippen molar-refractivity contribution >= 4 is 35.4 Å². The number of nitrogens with zero attached hydrogens (tertiary/aromatic N) is 5. The second-order valence-corrected chi connectivity index (χ2v) is 6.56. The minimum absolute atomic E-state index is 0.207. The van der Waals surface area contributed by atoms with E-state index in [2.05, 4.69) is 25.6 Å². The summed E-state index contributed by atoms with van der Waals surface area (Å²) in [5.74, 6) is 1.59. The monoisotopic (exact) mass is 361 g/mol. The van der Waals surface area contributed by atoms with E-state index in [0.717, 1.165) is 10.6 Å². The topological polar surface area (TPSA) is 86.3 Å². The van der Waals surface area contributed by atoms with Crippen molar-refractivity contribution in [1.82, 2.24) is 20.3 Å². The van der Waals surface area contributed by atoms with Gasteiger partial charge in [0.1, 0.15) is 0 Å². The van der Waals surface area contributed by atoms with Crippen LogP contribution in [0.5, 0.6) is 0 Å². The van der Waals surface area contributed by atoms with Crippen LogP contribution in [0.2, 0.25) is 0 Å². The van der Waals surface area contributed by atoms with Gasteiger partial charge in [-0.2, -0.15) is 15.0 Å². The number of anilines is 3. The van der Waals surface area contributed by atoms with Crippen molar-refractivity contribution in [1.29, 1.82) is 0 Å². The first-order valence-electron chi connectivity index (χ1n) is 7.67. The van der Waals surface area contributed by atoms with Gasteiger partial charge in [0, 0.05) is 38.8 Å². The molecule has 1 aromatic carbocycles. The Morgan fingerprint density at radius 1 is 1.08 bits per heavy atom. The van der Waals surface area contributed by atoms with Crippen LogP contribution in [-0.2, 0) is 6.54 Å². The molecule has 0 aliphatic rings. The standard InChI is InChI=1S/C16H23N7OS/c1-22(2)14-19-13(20-15(21-14)23(3)4)10-17-16(24)18-11-7-6-8-12(9-11)25-5/h6-9H,10H2,1-5H3,(H2,17,18,24). The van der Waals surface area contributed by atoms with Gasteiger partial charge in [0.05, 0.1) is 6.54 Å². The first-order chi connectivity index (χ1) is 11.9. The van der Waals surface area contributed by atoms with Gasteiger partial charge in [-0.15, -0.1) is 11.8 Å². The van der Waals surface area contributed by atoms with Crippen molar-refractivity contribution in [3.05, 3.63) is 30.1 Å². The van der Waals surface area contributed by atoms with Crippen LogP contribution >= 0.6 is 11.8 Å². The van der Waals surface area contributed by atoms with E-state index in [1.807, 2.05) is 58.7 Å². The summed E-state index contributed by atoms with van der Waals surface area (Å²) in [6.45, 7) is 0.207. The molecule has 0 bridgehead atoms. The van der Waals surface area contributed by atoms with E-state index in [9.17, 15) is 4.79 Å². The largest absolute Gasteiger partial charge is 0.347 e. The summed E-state index contributed by atoms with van der Waals surface area (Å²) in [6, 6.07) is 7.35. The molecule has 1 aromatic heterocycles. The number of hydrogen-bond donors (Lipinski definition) is 2. The van der Waals surface area contributed by atoms with Gasteiger partial charge in [-0.05, 0) is 24.5 Å². The lowest BCUT2D eigenvalue weighted by Gasteiger charge is -2.16. The van der Waals surface area contributed by atoms with E-state index >= 15 is 0 Å². The zero-order chi connectivity index (χ0) is 18.4. The van der Waals surface area contributed by atoms with E-state index in [4.69, 9.17) is 0 Å². The Bertz CT molecular complexity index is 710. The molecule has 0 fully saturated rings. The molecule has 2 N–H and O–H groups in total. The smallest absolute Gasteiger partial charge is 0.319 e. The molecule has 0 saturated heterocycles. The van der Waals surface area contributed by atoms with Gasteiger partial charge < -0.3 is 20.4 Å². The number of thioether (sulfide) groups is 1. The summed E-state index contributed by atoms with van der Waals surface area (Å²) < 4.78 is 0. The fraction of sp³-hybridized carbons (Fsp3) is 0.375. The number of carbonyl (C=O) groups excluding carboxylic acids is 1. The number of aromatic nitrogens is 3. The molecular formula is C16H23N7OS. The molecule has 0 atom stereocenters. The molecule has 0 saturated carbocycles. The Hall–Kier alpha value is -2.55. The molecule has 0 radical (unpaired) electrons. The molecule has 0 unspecified atom stereocenters. The average molecular weight is 361 g/mol. The van der Waals surface area contributed by atoms with Gasteiger partial charge in [0.2, 0.25) is 11.9 Å². The Kier molecular flexibility index (Phi) is 6.40. The summed E-state index contributed by atoms with van der Waals surface area (Å²) in [4.78, 5) is 29.8. The lowest BCUT2D eigenvalue weighted by Crippen LogP contribution is -2.30. The zero-order valence-corrected chi connectivity index (χ0v) is 15.9. The van der Waals surface area contributed by atoms with Crippen molar-refractivity contribution in [2.45, 2.75) is 11.4 Å². The number of amides is 2. The fourth-order valence-corrected chi connectivity index (χ4v) is 2.37. The maximum Gasteiger partial charge on any atom is 0.319 e. The molecular weight excluding hydrogens is 338 g/mol. The number of benzene rings is 1. The van der Waals surface area contributed by atoms with Gasteiger partial charge in [-0.1, -0.05) is 6.07 Å². The first kappa shape index (κ1) is 18.8. The minimum Gasteiger partial charge on any atom is -0.347 e. The first-order valence-corrected chi connectivity index (χ1v) is 8.90. The van der Waals surface area contributed by atoms with Crippen molar-refractivity contribution in [2.75, 3.05) is 49.6 Å². The predicted octanol–water partition coefficient (Wildman–Crippen LogP) is 2.05. The third kappa shape index (κ3) is 5.49. The van der Waals surface area contributed by atoms with Crippen LogP contribution in [0, 0.1) is 0 Å². The van der Waals surface area contributed by atoms with Crippen LogP contribution in [0.25, 0.3) is 0 Å². The van der Waals surface area contributed by atoms with Crippen LogP contribution in [0.4, 0.5) is 22.4 Å². The van der Waals surface area contributed by atoms with E-state index in [1.54, 1.807) is 21.6 Å². The number of carbonyl (C=O) groups is 1. The van der Waals surface area contributed by atoms with Gasteiger partial charge in [-0.25, -0.2) is 4.79 Å². The second kappa shape index (κ2) is 8.52. The van der Waals surface area contributed by atoms with E-state index in [1.165, 1.54) is 0 Å². The molecule has 9 heteroatoms. The van der Waals surface area contributed by atoms with Crippen LogP contribution in [0.15, 0.2) is 29.2 Å². The molecule has 2 rings (SSSR count). The molecule has 25 heavy (non-hydrogen) atoms. The summed E-state index contributed by atoms with van der Waals surface area (Å²) in [5.41, 5.74) is 0.739. The van der Waals surface area contributed by atoms with Gasteiger partial charge in [0.15, 0.2) is 5.82 Å². The van der Waals surface area contributed by atoms with Crippen LogP contribution in [0.3, 0.4) is 0 Å². The highest BCUT2D eigenvalue weighted by atomic mass is 32.2. The van der Waals surface area contributed by atoms with Crippen molar-refractivity contribution in [3.8, 4) is 0 Å². The number of hydrogen-bond acceptors (Lipinski definition) is 7. The predicted molar refractivity (Wildman–Crippen MR) is 103 cm³/mol. The minimum atomic E-state index is -0.309. The SMILES string of the molecule is CSc1cccc(NC(=O)NCc2nc(N(C)C)nc(N(C)C)n2)c1. The molecule has 134 valence electrons. The zero-order valence-electron chi connectivity index (χ0n) is 15.1. The number of nitrogens with one attached hydrogen (secondary N) is 2. The van der Waals surface area contributed by atoms with Crippen molar-refractivity contribution in [3.63, 3.8) is 0 Å². The van der Waals surface area contributed by atoms with E-state index < -0.39 is 0 Å². The average Bonchev–Trinajstić information content (AvgIpc) is 2.59. The summed E-state index contributed by atoms with van der Waals surface area (Å²) in [6.07, 6.45) is 1.99. The Morgan fingerprint density at radius 2 is 1.72 bits per heavy atom. The van der Waals surface area contributed by atoms with Crippen LogP contribution < -0.4 is 20.4 Å². The molecule has 2 amide bonds. The van der Waals surface area contributed by atoms with Crippen LogP contribution in [-0.4, -0.2) is 55.4 Å². The third-order valence-corrected chi connectivity index (χ3v) is 3.92. The number of rotatable bonds is 6. The molecule has 0 spiro atoms. The van der Waals surface area contributed by atoms with E-state index in [0.29, 0.717) is 17.7 Å². The molecule has 0 aliphatic heterocycles. The Balaban J connectivity index is 2.03. The lowest BCUT2D eigenvalue weighted by molar-refractivity contribution is 0.251. The highest BCUT2D eigenvalue weighted by molar-refractivity contribution is 7.98. The van der Waals surface area contributed by atoms with Gasteiger partial charge in [-0.3, -0.25) is 0 Å². The second-order valence-electron chi connectivity index (χ2n) is 5.68. The summed E-state index contributed by atoms with van der Waals surface area (Å²) in [5, 5.41) is 5.58. The lowest BCUT2D eigenvalue weighted by atomic mass is 10.3. The molecule has 1 heterocycles. The summed E-state index contributed by atoms with van der Waals surface area (Å²) in [7, 11) is 7.43. The Labute approximate surface area is 152 Å². The molecule has 2 aromatic rings. The molecule has 0 aliphatic carbocycles. The van der Waals surface area contributed by atoms with Crippen molar-refractivity contribution in [2.24, 2.45) is 0 Å². The maximum absolute atomic E-state index is 12.1.